The highest BCUT2D eigenvalue weighted by Gasteiger charge is 2.18. The normalized spacial score (nSPS) is 13.5. The van der Waals surface area contributed by atoms with Crippen molar-refractivity contribution < 1.29 is 14.3 Å². The molecule has 116 valence electrons. The zero-order valence-corrected chi connectivity index (χ0v) is 14.7. The van der Waals surface area contributed by atoms with Gasteiger partial charge in [0.15, 0.2) is 0 Å². The first-order valence-electron chi connectivity index (χ1n) is 6.72. The standard InChI is InChI=1S/C15H19ClO3S2/c1-4-19-15(18)21-11(3)8-10(2)20-14(17)12-6-5-7-13(16)9-12/h5-7,9-11H,4,8H2,1-3H3. The second kappa shape index (κ2) is 9.38. The van der Waals surface area contributed by atoms with Crippen LogP contribution >= 0.6 is 35.1 Å². The van der Waals surface area contributed by atoms with Crippen LogP contribution in [0.4, 0.5) is 4.79 Å². The van der Waals surface area contributed by atoms with Crippen LogP contribution < -0.4 is 0 Å². The predicted molar refractivity (Wildman–Crippen MR) is 91.5 cm³/mol. The number of rotatable bonds is 6. The van der Waals surface area contributed by atoms with E-state index in [1.54, 1.807) is 31.2 Å². The first-order chi connectivity index (χ1) is 9.92. The van der Waals surface area contributed by atoms with Crippen LogP contribution in [0.1, 0.15) is 37.6 Å². The van der Waals surface area contributed by atoms with Crippen LogP contribution in [-0.2, 0) is 4.74 Å². The number of benzene rings is 1. The predicted octanol–water partition coefficient (Wildman–Crippen LogP) is 5.27. The number of ether oxygens (including phenoxy) is 1. The van der Waals surface area contributed by atoms with Gasteiger partial charge in [0, 0.05) is 21.1 Å². The summed E-state index contributed by atoms with van der Waals surface area (Å²) in [7, 11) is 0. The highest BCUT2D eigenvalue weighted by molar-refractivity contribution is 8.15. The topological polar surface area (TPSA) is 43.4 Å². The van der Waals surface area contributed by atoms with Gasteiger partial charge in [-0.05, 0) is 37.2 Å². The van der Waals surface area contributed by atoms with Crippen molar-refractivity contribution >= 4 is 45.5 Å². The molecular weight excluding hydrogens is 328 g/mol. The molecule has 21 heavy (non-hydrogen) atoms. The fraction of sp³-hybridized carbons (Fsp3) is 0.467. The van der Waals surface area contributed by atoms with Gasteiger partial charge in [-0.3, -0.25) is 4.79 Å². The molecule has 0 spiro atoms. The van der Waals surface area contributed by atoms with Gasteiger partial charge in [-0.15, -0.1) is 0 Å². The van der Waals surface area contributed by atoms with Gasteiger partial charge >= 0.3 is 5.30 Å². The zero-order chi connectivity index (χ0) is 15.8. The maximum absolute atomic E-state index is 12.1. The molecule has 0 amide bonds. The van der Waals surface area contributed by atoms with Crippen LogP contribution in [0.25, 0.3) is 0 Å². The summed E-state index contributed by atoms with van der Waals surface area (Å²) in [6, 6.07) is 6.93. The van der Waals surface area contributed by atoms with Gasteiger partial charge < -0.3 is 4.74 Å². The molecule has 0 saturated carbocycles. The van der Waals surface area contributed by atoms with Crippen molar-refractivity contribution in [2.24, 2.45) is 0 Å². The molecule has 2 atom stereocenters. The molecule has 1 aromatic carbocycles. The van der Waals surface area contributed by atoms with Crippen LogP contribution in [0, 0.1) is 0 Å². The molecule has 0 aliphatic heterocycles. The van der Waals surface area contributed by atoms with E-state index in [-0.39, 0.29) is 20.9 Å². The third-order valence-corrected chi connectivity index (χ3v) is 4.78. The lowest BCUT2D eigenvalue weighted by Crippen LogP contribution is -2.12. The first-order valence-corrected chi connectivity index (χ1v) is 8.86. The highest BCUT2D eigenvalue weighted by Crippen LogP contribution is 2.27. The fourth-order valence-corrected chi connectivity index (χ4v) is 3.97. The fourth-order valence-electron chi connectivity index (χ4n) is 1.75. The molecule has 0 aromatic heterocycles. The Bertz CT molecular complexity index is 494. The van der Waals surface area contributed by atoms with Crippen molar-refractivity contribution in [1.29, 1.82) is 0 Å². The first kappa shape index (κ1) is 18.4. The van der Waals surface area contributed by atoms with E-state index in [1.807, 2.05) is 13.8 Å². The molecule has 0 aliphatic carbocycles. The minimum atomic E-state index is -0.261. The largest absolute Gasteiger partial charge is 0.458 e. The van der Waals surface area contributed by atoms with Crippen molar-refractivity contribution in [1.82, 2.24) is 0 Å². The summed E-state index contributed by atoms with van der Waals surface area (Å²) < 4.78 is 4.89. The Balaban J connectivity index is 2.44. The molecule has 0 aliphatic rings. The lowest BCUT2D eigenvalue weighted by molar-refractivity contribution is 0.108. The van der Waals surface area contributed by atoms with Crippen LogP contribution in [0.3, 0.4) is 0 Å². The smallest absolute Gasteiger partial charge is 0.367 e. The summed E-state index contributed by atoms with van der Waals surface area (Å²) in [6.07, 6.45) is 0.750. The molecule has 0 N–H and O–H groups in total. The van der Waals surface area contributed by atoms with Gasteiger partial charge in [-0.25, -0.2) is 4.79 Å². The minimum absolute atomic E-state index is 0.00154. The molecule has 0 radical (unpaired) electrons. The summed E-state index contributed by atoms with van der Waals surface area (Å²) in [5.41, 5.74) is 0.602. The molecule has 0 fully saturated rings. The molecule has 2 unspecified atom stereocenters. The molecule has 1 aromatic rings. The second-order valence-electron chi connectivity index (χ2n) is 4.57. The third-order valence-electron chi connectivity index (χ3n) is 2.59. The Labute approximate surface area is 139 Å². The number of halogens is 1. The SMILES string of the molecule is CCOC(=O)SC(C)CC(C)SC(=O)c1cccc(Cl)c1. The maximum Gasteiger partial charge on any atom is 0.367 e. The van der Waals surface area contributed by atoms with Crippen LogP contribution in [-0.4, -0.2) is 27.5 Å². The van der Waals surface area contributed by atoms with E-state index < -0.39 is 0 Å². The van der Waals surface area contributed by atoms with Gasteiger partial charge in [-0.1, -0.05) is 49.3 Å². The molecule has 1 rings (SSSR count). The van der Waals surface area contributed by atoms with E-state index in [1.165, 1.54) is 23.5 Å². The number of thioether (sulfide) groups is 2. The Morgan fingerprint density at radius 2 is 1.90 bits per heavy atom. The van der Waals surface area contributed by atoms with Crippen molar-refractivity contribution in [3.63, 3.8) is 0 Å². The van der Waals surface area contributed by atoms with E-state index in [0.29, 0.717) is 17.2 Å². The Kier molecular flexibility index (Phi) is 8.22. The van der Waals surface area contributed by atoms with Gasteiger partial charge in [0.25, 0.3) is 0 Å². The van der Waals surface area contributed by atoms with E-state index in [2.05, 4.69) is 0 Å². The summed E-state index contributed by atoms with van der Waals surface area (Å²) >= 11 is 8.32. The zero-order valence-electron chi connectivity index (χ0n) is 12.3. The number of carbonyl (C=O) groups is 2. The average molecular weight is 347 g/mol. The second-order valence-corrected chi connectivity index (χ2v) is 7.79. The molecule has 0 saturated heterocycles. The molecule has 0 bridgehead atoms. The van der Waals surface area contributed by atoms with Crippen molar-refractivity contribution in [2.75, 3.05) is 6.61 Å². The molecular formula is C15H19ClO3S2. The summed E-state index contributed by atoms with van der Waals surface area (Å²) in [4.78, 5) is 23.5. The highest BCUT2D eigenvalue weighted by atomic mass is 35.5. The van der Waals surface area contributed by atoms with Gasteiger partial charge in [0.05, 0.1) is 6.61 Å². The summed E-state index contributed by atoms with van der Waals surface area (Å²) in [5, 5.41) is 0.522. The van der Waals surface area contributed by atoms with Gasteiger partial charge in [0.1, 0.15) is 0 Å². The quantitative estimate of drug-likeness (QED) is 0.656. The number of hydrogen-bond donors (Lipinski definition) is 0. The van der Waals surface area contributed by atoms with Gasteiger partial charge in [-0.2, -0.15) is 0 Å². The maximum atomic E-state index is 12.1. The number of carbonyl (C=O) groups excluding carboxylic acids is 2. The van der Waals surface area contributed by atoms with Crippen LogP contribution in [0.2, 0.25) is 5.02 Å². The summed E-state index contributed by atoms with van der Waals surface area (Å²) in [6.45, 7) is 6.11. The Hall–Kier alpha value is -0.650. The minimum Gasteiger partial charge on any atom is -0.458 e. The van der Waals surface area contributed by atoms with Crippen molar-refractivity contribution in [3.05, 3.63) is 34.9 Å². The van der Waals surface area contributed by atoms with Gasteiger partial charge in [0.2, 0.25) is 5.12 Å². The Morgan fingerprint density at radius 1 is 1.24 bits per heavy atom. The van der Waals surface area contributed by atoms with Crippen molar-refractivity contribution in [2.45, 2.75) is 37.7 Å². The van der Waals surface area contributed by atoms with E-state index in [0.717, 1.165) is 6.42 Å². The van der Waals surface area contributed by atoms with E-state index in [9.17, 15) is 9.59 Å². The van der Waals surface area contributed by atoms with Crippen molar-refractivity contribution in [3.8, 4) is 0 Å². The molecule has 3 nitrogen and oxygen atoms in total. The van der Waals surface area contributed by atoms with E-state index in [4.69, 9.17) is 16.3 Å². The Morgan fingerprint density at radius 3 is 2.52 bits per heavy atom. The summed E-state index contributed by atoms with van der Waals surface area (Å²) in [5.74, 6) is 0. The lowest BCUT2D eigenvalue weighted by Gasteiger charge is -2.15. The average Bonchev–Trinajstić information content (AvgIpc) is 2.38. The molecule has 0 heterocycles. The number of hydrogen-bond acceptors (Lipinski definition) is 5. The molecule has 6 heteroatoms. The lowest BCUT2D eigenvalue weighted by atomic mass is 10.2. The van der Waals surface area contributed by atoms with E-state index >= 15 is 0 Å². The monoisotopic (exact) mass is 346 g/mol. The third kappa shape index (κ3) is 7.25. The van der Waals surface area contributed by atoms with Crippen LogP contribution in [0.5, 0.6) is 0 Å². The van der Waals surface area contributed by atoms with Crippen LogP contribution in [0.15, 0.2) is 24.3 Å².